The van der Waals surface area contributed by atoms with Crippen molar-refractivity contribution in [2.24, 2.45) is 5.92 Å². The standard InChI is InChI=1S/C25H25F2N3OS/c26-20-8-9-21(22(27)15-20)23-17-29-25(32-23)24(31)28-16-19-10-13-30(14-11-19)12-4-7-18-5-2-1-3-6-18/h1-9,15,17,19H,10-14,16H2,(H,28,31)/b7-4+. The van der Waals surface area contributed by atoms with E-state index in [0.29, 0.717) is 17.3 Å². The van der Waals surface area contributed by atoms with Gasteiger partial charge in [-0.3, -0.25) is 9.69 Å². The topological polar surface area (TPSA) is 45.2 Å². The average molecular weight is 454 g/mol. The molecule has 1 saturated heterocycles. The van der Waals surface area contributed by atoms with Crippen molar-refractivity contribution in [2.75, 3.05) is 26.2 Å². The molecule has 1 aromatic heterocycles. The summed E-state index contributed by atoms with van der Waals surface area (Å²) in [6, 6.07) is 13.7. The second kappa shape index (κ2) is 10.6. The van der Waals surface area contributed by atoms with Crippen LogP contribution in [0, 0.1) is 17.6 Å². The molecule has 0 radical (unpaired) electrons. The molecule has 7 heteroatoms. The monoisotopic (exact) mass is 453 g/mol. The summed E-state index contributed by atoms with van der Waals surface area (Å²) < 4.78 is 27.1. The first kappa shape index (κ1) is 22.3. The molecule has 0 atom stereocenters. The molecule has 2 heterocycles. The van der Waals surface area contributed by atoms with E-state index in [2.05, 4.69) is 39.5 Å². The smallest absolute Gasteiger partial charge is 0.280 e. The van der Waals surface area contributed by atoms with Crippen molar-refractivity contribution >= 4 is 23.3 Å². The summed E-state index contributed by atoms with van der Waals surface area (Å²) in [5.41, 5.74) is 1.45. The molecule has 1 N–H and O–H groups in total. The average Bonchev–Trinajstić information content (AvgIpc) is 3.29. The maximum atomic E-state index is 14.0. The van der Waals surface area contributed by atoms with Gasteiger partial charge in [0.15, 0.2) is 5.01 Å². The first-order chi connectivity index (χ1) is 15.6. The van der Waals surface area contributed by atoms with Crippen LogP contribution in [0.25, 0.3) is 16.5 Å². The van der Waals surface area contributed by atoms with Gasteiger partial charge in [-0.25, -0.2) is 13.8 Å². The Kier molecular flexibility index (Phi) is 7.39. The van der Waals surface area contributed by atoms with E-state index in [1.54, 1.807) is 0 Å². The van der Waals surface area contributed by atoms with Gasteiger partial charge in [0, 0.05) is 30.9 Å². The summed E-state index contributed by atoms with van der Waals surface area (Å²) in [4.78, 5) is 19.5. The fourth-order valence-electron chi connectivity index (χ4n) is 3.78. The number of likely N-dealkylation sites (tertiary alicyclic amines) is 1. The largest absolute Gasteiger partial charge is 0.350 e. The predicted octanol–water partition coefficient (Wildman–Crippen LogP) is 5.24. The maximum absolute atomic E-state index is 14.0. The van der Waals surface area contributed by atoms with Crippen LogP contribution in [0.5, 0.6) is 0 Å². The molecule has 166 valence electrons. The molecular formula is C25H25F2N3OS. The van der Waals surface area contributed by atoms with Crippen LogP contribution >= 0.6 is 11.3 Å². The van der Waals surface area contributed by atoms with E-state index in [9.17, 15) is 13.6 Å². The molecular weight excluding hydrogens is 428 g/mol. The lowest BCUT2D eigenvalue weighted by Gasteiger charge is -2.31. The van der Waals surface area contributed by atoms with E-state index in [1.165, 1.54) is 23.9 Å². The lowest BCUT2D eigenvalue weighted by Crippen LogP contribution is -2.38. The third-order valence-corrected chi connectivity index (χ3v) is 6.66. The molecule has 1 amide bonds. The van der Waals surface area contributed by atoms with Crippen molar-refractivity contribution in [3.05, 3.63) is 83.0 Å². The second-order valence-corrected chi connectivity index (χ2v) is 8.95. The molecule has 0 unspecified atom stereocenters. The van der Waals surface area contributed by atoms with Crippen LogP contribution in [-0.2, 0) is 0 Å². The summed E-state index contributed by atoms with van der Waals surface area (Å²) in [5, 5.41) is 3.24. The summed E-state index contributed by atoms with van der Waals surface area (Å²) in [7, 11) is 0. The molecule has 1 fully saturated rings. The number of rotatable bonds is 7. The number of hydrogen-bond acceptors (Lipinski definition) is 4. The molecule has 4 rings (SSSR count). The Labute approximate surface area is 190 Å². The van der Waals surface area contributed by atoms with Gasteiger partial charge < -0.3 is 5.32 Å². The van der Waals surface area contributed by atoms with Gasteiger partial charge in [-0.2, -0.15) is 0 Å². The van der Waals surface area contributed by atoms with Crippen molar-refractivity contribution in [3.63, 3.8) is 0 Å². The Balaban J connectivity index is 1.22. The van der Waals surface area contributed by atoms with Crippen molar-refractivity contribution in [1.29, 1.82) is 0 Å². The van der Waals surface area contributed by atoms with E-state index in [4.69, 9.17) is 0 Å². The van der Waals surface area contributed by atoms with Gasteiger partial charge in [-0.15, -0.1) is 11.3 Å². The van der Waals surface area contributed by atoms with Gasteiger partial charge in [-0.1, -0.05) is 42.5 Å². The summed E-state index contributed by atoms with van der Waals surface area (Å²) in [6.07, 6.45) is 7.86. The highest BCUT2D eigenvalue weighted by Gasteiger charge is 2.20. The first-order valence-corrected chi connectivity index (χ1v) is 11.5. The summed E-state index contributed by atoms with van der Waals surface area (Å²) >= 11 is 1.11. The summed E-state index contributed by atoms with van der Waals surface area (Å²) in [6.45, 7) is 3.54. The quantitative estimate of drug-likeness (QED) is 0.532. The third-order valence-electron chi connectivity index (χ3n) is 5.63. The van der Waals surface area contributed by atoms with Gasteiger partial charge in [0.05, 0.1) is 4.88 Å². The molecule has 0 bridgehead atoms. The molecule has 1 aliphatic rings. The van der Waals surface area contributed by atoms with Gasteiger partial charge in [0.25, 0.3) is 5.91 Å². The van der Waals surface area contributed by atoms with E-state index in [-0.39, 0.29) is 16.5 Å². The Morgan fingerprint density at radius 2 is 1.94 bits per heavy atom. The third kappa shape index (κ3) is 5.87. The van der Waals surface area contributed by atoms with Crippen molar-refractivity contribution < 1.29 is 13.6 Å². The first-order valence-electron chi connectivity index (χ1n) is 10.7. The number of benzene rings is 2. The minimum absolute atomic E-state index is 0.247. The number of hydrogen-bond donors (Lipinski definition) is 1. The van der Waals surface area contributed by atoms with Gasteiger partial charge in [0.1, 0.15) is 11.6 Å². The number of thiazole rings is 1. The molecule has 2 aromatic carbocycles. The lowest BCUT2D eigenvalue weighted by molar-refractivity contribution is 0.0937. The molecule has 0 aliphatic carbocycles. The minimum atomic E-state index is -0.661. The number of carbonyl (C=O) groups is 1. The zero-order chi connectivity index (χ0) is 22.3. The van der Waals surface area contributed by atoms with Gasteiger partial charge >= 0.3 is 0 Å². The number of carbonyl (C=O) groups excluding carboxylic acids is 1. The number of nitrogens with one attached hydrogen (secondary N) is 1. The Bertz CT molecular complexity index is 1080. The van der Waals surface area contributed by atoms with Crippen molar-refractivity contribution in [3.8, 4) is 10.4 Å². The Morgan fingerprint density at radius 1 is 1.16 bits per heavy atom. The number of nitrogens with zero attached hydrogens (tertiary/aromatic N) is 2. The zero-order valence-corrected chi connectivity index (χ0v) is 18.5. The van der Waals surface area contributed by atoms with Crippen LogP contribution in [0.1, 0.15) is 28.2 Å². The van der Waals surface area contributed by atoms with E-state index >= 15 is 0 Å². The number of halogens is 2. The zero-order valence-electron chi connectivity index (χ0n) is 17.6. The number of piperidine rings is 1. The van der Waals surface area contributed by atoms with E-state index < -0.39 is 11.6 Å². The van der Waals surface area contributed by atoms with Crippen molar-refractivity contribution in [2.45, 2.75) is 12.8 Å². The normalized spacial score (nSPS) is 15.3. The highest BCUT2D eigenvalue weighted by molar-refractivity contribution is 7.17. The van der Waals surface area contributed by atoms with Gasteiger partial charge in [-0.05, 0) is 49.5 Å². The fraction of sp³-hybridized carbons (Fsp3) is 0.280. The van der Waals surface area contributed by atoms with Crippen LogP contribution < -0.4 is 5.32 Å². The van der Waals surface area contributed by atoms with Crippen molar-refractivity contribution in [1.82, 2.24) is 15.2 Å². The number of amides is 1. The lowest BCUT2D eigenvalue weighted by atomic mass is 9.97. The Hall–Kier alpha value is -2.90. The van der Waals surface area contributed by atoms with Crippen LogP contribution in [0.4, 0.5) is 8.78 Å². The SMILES string of the molecule is O=C(NCC1CCN(C/C=C/c2ccccc2)CC1)c1ncc(-c2ccc(F)cc2F)s1. The highest BCUT2D eigenvalue weighted by Crippen LogP contribution is 2.29. The van der Waals surface area contributed by atoms with Gasteiger partial charge in [0.2, 0.25) is 0 Å². The molecule has 1 aliphatic heterocycles. The molecule has 32 heavy (non-hydrogen) atoms. The van der Waals surface area contributed by atoms with Crippen LogP contribution in [-0.4, -0.2) is 42.0 Å². The molecule has 4 nitrogen and oxygen atoms in total. The van der Waals surface area contributed by atoms with E-state index in [1.807, 2.05) is 18.2 Å². The number of aromatic nitrogens is 1. The Morgan fingerprint density at radius 3 is 2.69 bits per heavy atom. The second-order valence-electron chi connectivity index (χ2n) is 7.92. The fourth-order valence-corrected chi connectivity index (χ4v) is 4.64. The minimum Gasteiger partial charge on any atom is -0.350 e. The predicted molar refractivity (Wildman–Crippen MR) is 124 cm³/mol. The van der Waals surface area contributed by atoms with E-state index in [0.717, 1.165) is 49.9 Å². The maximum Gasteiger partial charge on any atom is 0.280 e. The molecule has 3 aromatic rings. The van der Waals surface area contributed by atoms with Crippen LogP contribution in [0.2, 0.25) is 0 Å². The molecule has 0 saturated carbocycles. The van der Waals surface area contributed by atoms with Crippen LogP contribution in [0.15, 0.2) is 60.8 Å². The summed E-state index contributed by atoms with van der Waals surface area (Å²) in [5.74, 6) is -1.11. The highest BCUT2D eigenvalue weighted by atomic mass is 32.1. The molecule has 0 spiro atoms. The van der Waals surface area contributed by atoms with Crippen LogP contribution in [0.3, 0.4) is 0 Å².